The number of nitrogen functional groups attached to an aromatic ring is 1. The molecule has 1 aliphatic rings. The van der Waals surface area contributed by atoms with Gasteiger partial charge in [0.15, 0.2) is 5.82 Å². The third-order valence-corrected chi connectivity index (χ3v) is 6.14. The number of anilines is 1. The third kappa shape index (κ3) is 4.22. The highest BCUT2D eigenvalue weighted by molar-refractivity contribution is 6.31. The summed E-state index contributed by atoms with van der Waals surface area (Å²) >= 11 is 6.25. The largest absolute Gasteiger partial charge is 0.490 e. The molecule has 0 spiro atoms. The van der Waals surface area contributed by atoms with E-state index in [4.69, 9.17) is 22.1 Å². The number of aromatic nitrogens is 3. The molecule has 176 valence electrons. The quantitative estimate of drug-likeness (QED) is 0.501. The maximum Gasteiger partial charge on any atom is 0.258 e. The van der Waals surface area contributed by atoms with Crippen molar-refractivity contribution in [3.8, 4) is 5.75 Å². The number of nitrogens with one attached hydrogen (secondary N) is 1. The number of aryl methyl sites for hydroxylation is 1. The van der Waals surface area contributed by atoms with Gasteiger partial charge in [-0.25, -0.2) is 14.4 Å². The van der Waals surface area contributed by atoms with Gasteiger partial charge in [0.1, 0.15) is 28.5 Å². The summed E-state index contributed by atoms with van der Waals surface area (Å²) in [5, 5.41) is 12.1. The number of aliphatic hydroxyl groups is 1. The van der Waals surface area contributed by atoms with E-state index in [1.165, 1.54) is 6.07 Å². The maximum atomic E-state index is 15.2. The lowest BCUT2D eigenvalue weighted by Crippen LogP contribution is -2.47. The van der Waals surface area contributed by atoms with Crippen molar-refractivity contribution in [3.05, 3.63) is 51.9 Å². The van der Waals surface area contributed by atoms with Crippen molar-refractivity contribution in [3.63, 3.8) is 0 Å². The molecule has 0 bridgehead atoms. The number of benzene rings is 1. The summed E-state index contributed by atoms with van der Waals surface area (Å²) in [6, 6.07) is 1.25. The molecular formula is C23H27ClFN5O3. The number of aliphatic hydroxyl groups excluding tert-OH is 1. The highest BCUT2D eigenvalue weighted by Crippen LogP contribution is 2.40. The van der Waals surface area contributed by atoms with Gasteiger partial charge in [0.05, 0.1) is 22.9 Å². The Labute approximate surface area is 195 Å². The Balaban J connectivity index is 1.85. The number of imidazole rings is 1. The van der Waals surface area contributed by atoms with Crippen molar-refractivity contribution < 1.29 is 19.0 Å². The number of ether oxygens (including phenoxy) is 1. The fourth-order valence-corrected chi connectivity index (χ4v) is 4.40. The highest BCUT2D eigenvalue weighted by atomic mass is 35.5. The first-order chi connectivity index (χ1) is 15.6. The summed E-state index contributed by atoms with van der Waals surface area (Å²) < 4.78 is 23.0. The van der Waals surface area contributed by atoms with E-state index >= 15 is 4.39 Å². The molecule has 1 amide bonds. The van der Waals surface area contributed by atoms with Gasteiger partial charge in [-0.05, 0) is 39.7 Å². The van der Waals surface area contributed by atoms with Crippen molar-refractivity contribution in [1.29, 1.82) is 0 Å². The Morgan fingerprint density at radius 1 is 1.39 bits per heavy atom. The molecule has 3 aromatic rings. The fourth-order valence-electron chi connectivity index (χ4n) is 4.19. The van der Waals surface area contributed by atoms with Crippen molar-refractivity contribution in [2.75, 3.05) is 5.73 Å². The summed E-state index contributed by atoms with van der Waals surface area (Å²) in [5.74, 6) is -0.808. The minimum Gasteiger partial charge on any atom is -0.490 e. The van der Waals surface area contributed by atoms with Crippen LogP contribution in [0.3, 0.4) is 0 Å². The van der Waals surface area contributed by atoms with E-state index in [1.807, 2.05) is 18.2 Å². The first-order valence-electron chi connectivity index (χ1n) is 10.8. The molecule has 33 heavy (non-hydrogen) atoms. The van der Waals surface area contributed by atoms with Crippen LogP contribution in [0.15, 0.2) is 18.5 Å². The summed E-state index contributed by atoms with van der Waals surface area (Å²) in [6.45, 7) is 7.31. The van der Waals surface area contributed by atoms with Crippen LogP contribution in [0.4, 0.5) is 10.2 Å². The number of halogens is 2. The molecule has 1 atom stereocenters. The molecule has 1 saturated carbocycles. The average molecular weight is 476 g/mol. The molecule has 1 fully saturated rings. The summed E-state index contributed by atoms with van der Waals surface area (Å²) in [4.78, 5) is 21.9. The maximum absolute atomic E-state index is 15.2. The Kier molecular flexibility index (Phi) is 6.20. The second-order valence-electron chi connectivity index (χ2n) is 8.74. The van der Waals surface area contributed by atoms with Crippen LogP contribution in [0.1, 0.15) is 67.0 Å². The zero-order chi connectivity index (χ0) is 24.0. The van der Waals surface area contributed by atoms with Crippen LogP contribution in [0.5, 0.6) is 5.75 Å². The average Bonchev–Trinajstić information content (AvgIpc) is 3.06. The third-order valence-electron chi connectivity index (χ3n) is 5.87. The molecule has 0 aliphatic heterocycles. The van der Waals surface area contributed by atoms with Crippen LogP contribution >= 0.6 is 11.6 Å². The van der Waals surface area contributed by atoms with Gasteiger partial charge in [-0.15, -0.1) is 0 Å². The number of hydrogen-bond acceptors (Lipinski definition) is 6. The van der Waals surface area contributed by atoms with Crippen LogP contribution in [0.2, 0.25) is 5.02 Å². The van der Waals surface area contributed by atoms with Crippen molar-refractivity contribution in [2.45, 2.75) is 64.7 Å². The van der Waals surface area contributed by atoms with E-state index in [1.54, 1.807) is 26.2 Å². The lowest BCUT2D eigenvalue weighted by molar-refractivity contribution is 0.0559. The van der Waals surface area contributed by atoms with E-state index in [2.05, 4.69) is 15.3 Å². The molecule has 10 heteroatoms. The monoisotopic (exact) mass is 475 g/mol. The number of fused-ring (bicyclic) bond motifs is 1. The Morgan fingerprint density at radius 3 is 2.73 bits per heavy atom. The van der Waals surface area contributed by atoms with Gasteiger partial charge in [-0.3, -0.25) is 9.20 Å². The van der Waals surface area contributed by atoms with Gasteiger partial charge in [-0.1, -0.05) is 18.5 Å². The SMILES string of the molecule is Cc1nc([C@@H](C)c2cc(Cl)c(F)c(C(=O)N[C@H]3C[C@H](O)C3)c2OC(C)C)n2ccnc(N)c12. The lowest BCUT2D eigenvalue weighted by atomic mass is 9.89. The molecule has 0 unspecified atom stereocenters. The molecule has 0 saturated heterocycles. The van der Waals surface area contributed by atoms with E-state index in [-0.39, 0.29) is 28.5 Å². The van der Waals surface area contributed by atoms with Crippen LogP contribution < -0.4 is 15.8 Å². The number of rotatable bonds is 6. The van der Waals surface area contributed by atoms with Gasteiger partial charge in [-0.2, -0.15) is 0 Å². The van der Waals surface area contributed by atoms with Crippen molar-refractivity contribution in [2.24, 2.45) is 0 Å². The summed E-state index contributed by atoms with van der Waals surface area (Å²) in [7, 11) is 0. The van der Waals surface area contributed by atoms with E-state index in [0.29, 0.717) is 41.3 Å². The van der Waals surface area contributed by atoms with E-state index in [9.17, 15) is 9.90 Å². The molecular weight excluding hydrogens is 449 g/mol. The van der Waals surface area contributed by atoms with Gasteiger partial charge in [0, 0.05) is 29.9 Å². The number of amides is 1. The number of hydrogen-bond donors (Lipinski definition) is 3. The normalized spacial score (nSPS) is 18.9. The first-order valence-corrected chi connectivity index (χ1v) is 11.2. The summed E-state index contributed by atoms with van der Waals surface area (Å²) in [6.07, 6.45) is 3.39. The number of nitrogens with zero attached hydrogens (tertiary/aromatic N) is 3. The molecule has 4 N–H and O–H groups in total. The molecule has 4 rings (SSSR count). The molecule has 1 aliphatic carbocycles. The van der Waals surface area contributed by atoms with Crippen molar-refractivity contribution >= 4 is 28.8 Å². The van der Waals surface area contributed by atoms with Gasteiger partial charge in [0.2, 0.25) is 0 Å². The lowest BCUT2D eigenvalue weighted by Gasteiger charge is -2.32. The van der Waals surface area contributed by atoms with Crippen LogP contribution in [0.25, 0.3) is 5.52 Å². The second kappa shape index (κ2) is 8.79. The zero-order valence-corrected chi connectivity index (χ0v) is 19.7. The van der Waals surface area contributed by atoms with E-state index < -0.39 is 23.7 Å². The molecule has 0 radical (unpaired) electrons. The molecule has 8 nitrogen and oxygen atoms in total. The number of carbonyl (C=O) groups excluding carboxylic acids is 1. The molecule has 2 heterocycles. The predicted octanol–water partition coefficient (Wildman–Crippen LogP) is 3.60. The van der Waals surface area contributed by atoms with Crippen LogP contribution in [-0.4, -0.2) is 43.6 Å². The van der Waals surface area contributed by atoms with E-state index in [0.717, 1.165) is 0 Å². The molecule has 1 aromatic carbocycles. The van der Waals surface area contributed by atoms with Crippen LogP contribution in [-0.2, 0) is 0 Å². The Bertz CT molecular complexity index is 1220. The minimum absolute atomic E-state index is 0.119. The number of nitrogens with two attached hydrogens (primary N) is 1. The smallest absolute Gasteiger partial charge is 0.258 e. The predicted molar refractivity (Wildman–Crippen MR) is 123 cm³/mol. The first kappa shape index (κ1) is 23.3. The minimum atomic E-state index is -0.849. The van der Waals surface area contributed by atoms with Crippen molar-refractivity contribution in [1.82, 2.24) is 19.7 Å². The highest BCUT2D eigenvalue weighted by Gasteiger charge is 2.33. The Hall–Kier alpha value is -2.91. The summed E-state index contributed by atoms with van der Waals surface area (Å²) in [5.41, 5.74) is 7.70. The standard InChI is InChI=1S/C23H27ClFN5O3/c1-10(2)33-20-15(11(3)22-28-12(4)19-21(26)27-5-6-30(19)22)9-16(24)18(25)17(20)23(32)29-13-7-14(31)8-13/h5-6,9-11,13-14,31H,7-8H2,1-4H3,(H2,26,27)(H,29,32)/t11-,13-,14-/m0/s1. The van der Waals surface area contributed by atoms with Gasteiger partial charge < -0.3 is 20.9 Å². The van der Waals surface area contributed by atoms with Gasteiger partial charge in [0.25, 0.3) is 5.91 Å². The second-order valence-corrected chi connectivity index (χ2v) is 9.14. The number of carbonyl (C=O) groups is 1. The topological polar surface area (TPSA) is 115 Å². The van der Waals surface area contributed by atoms with Crippen LogP contribution in [0, 0.1) is 12.7 Å². The zero-order valence-electron chi connectivity index (χ0n) is 18.9. The van der Waals surface area contributed by atoms with Gasteiger partial charge >= 0.3 is 0 Å². The fraction of sp³-hybridized carbons (Fsp3) is 0.435. The molecule has 2 aromatic heterocycles. The Morgan fingerprint density at radius 2 is 2.09 bits per heavy atom.